The van der Waals surface area contributed by atoms with Gasteiger partial charge in [-0.2, -0.15) is 18.0 Å². The maximum Gasteiger partial charge on any atom is 0.301 e. The molecule has 17 nitrogen and oxygen atoms in total. The molecule has 5 aliphatic heterocycles. The molecule has 1 aromatic heterocycles. The SMILES string of the molecule is N#Cc1c(NS(=O)(=O)N2CCC(F)C2)ccc(F)c1Oc1ccc2ncn(-c3ccc(N4CCN(CC5CCN(c6ccc7c(c6)CN(C6CCC(=O)NC6=O)C7=O)CC5)CC4)cc3)c(=O)c2c1. The van der Waals surface area contributed by atoms with E-state index in [0.29, 0.717) is 35.7 Å². The Balaban J connectivity index is 0.733. The molecule has 4 fully saturated rings. The van der Waals surface area contributed by atoms with E-state index in [0.717, 1.165) is 92.0 Å². The molecule has 4 aromatic carbocycles. The molecule has 4 saturated heterocycles. The van der Waals surface area contributed by atoms with Crippen molar-refractivity contribution in [1.29, 1.82) is 5.26 Å². The van der Waals surface area contributed by atoms with Crippen LogP contribution in [0.3, 0.4) is 0 Å². The Morgan fingerprint density at radius 3 is 2.29 bits per heavy atom. The van der Waals surface area contributed by atoms with Gasteiger partial charge in [0.25, 0.3) is 11.5 Å². The maximum atomic E-state index is 15.2. The molecular formula is C48H48F2N10O7S. The molecule has 0 radical (unpaired) electrons. The number of rotatable bonds is 11. The summed E-state index contributed by atoms with van der Waals surface area (Å²) in [5.74, 6) is -1.77. The third kappa shape index (κ3) is 8.84. The predicted octanol–water partition coefficient (Wildman–Crippen LogP) is 4.69. The van der Waals surface area contributed by atoms with Crippen LogP contribution >= 0.6 is 0 Å². The molecule has 352 valence electrons. The zero-order valence-corrected chi connectivity index (χ0v) is 37.8. The van der Waals surface area contributed by atoms with E-state index in [-0.39, 0.29) is 54.6 Å². The number of hydrogen-bond donors (Lipinski definition) is 2. The molecule has 5 aromatic rings. The van der Waals surface area contributed by atoms with E-state index in [1.807, 2.05) is 36.4 Å². The molecule has 0 saturated carbocycles. The largest absolute Gasteiger partial charge is 0.453 e. The number of ether oxygens (including phenoxy) is 1. The van der Waals surface area contributed by atoms with Gasteiger partial charge in [0.05, 0.1) is 22.3 Å². The lowest BCUT2D eigenvalue weighted by atomic mass is 9.95. The number of piperidine rings is 2. The monoisotopic (exact) mass is 946 g/mol. The van der Waals surface area contributed by atoms with Crippen LogP contribution in [0.1, 0.15) is 53.6 Å². The number of nitriles is 1. The van der Waals surface area contributed by atoms with Crippen LogP contribution < -0.4 is 30.1 Å². The number of nitrogens with one attached hydrogen (secondary N) is 2. The first kappa shape index (κ1) is 44.9. The van der Waals surface area contributed by atoms with Crippen molar-refractivity contribution < 1.29 is 36.3 Å². The van der Waals surface area contributed by atoms with Crippen LogP contribution in [-0.4, -0.2) is 121 Å². The summed E-state index contributed by atoms with van der Waals surface area (Å²) in [5, 5.41) is 12.5. The summed E-state index contributed by atoms with van der Waals surface area (Å²) in [7, 11) is -4.24. The van der Waals surface area contributed by atoms with Crippen molar-refractivity contribution in [3.05, 3.63) is 112 Å². The molecule has 0 bridgehead atoms. The first-order chi connectivity index (χ1) is 32.8. The summed E-state index contributed by atoms with van der Waals surface area (Å²) in [6.07, 6.45) is 2.85. The van der Waals surface area contributed by atoms with E-state index >= 15 is 4.39 Å². The minimum atomic E-state index is -4.24. The smallest absolute Gasteiger partial charge is 0.301 e. The first-order valence-corrected chi connectivity index (χ1v) is 24.2. The van der Waals surface area contributed by atoms with Crippen LogP contribution in [0.4, 0.5) is 25.8 Å². The van der Waals surface area contributed by atoms with Gasteiger partial charge in [-0.15, -0.1) is 0 Å². The van der Waals surface area contributed by atoms with Crippen molar-refractivity contribution in [2.75, 3.05) is 73.4 Å². The van der Waals surface area contributed by atoms with Crippen LogP contribution in [0.2, 0.25) is 0 Å². The van der Waals surface area contributed by atoms with Crippen molar-refractivity contribution in [3.63, 3.8) is 0 Å². The minimum Gasteiger partial charge on any atom is -0.453 e. The van der Waals surface area contributed by atoms with Crippen molar-refractivity contribution in [1.82, 2.24) is 29.0 Å². The van der Waals surface area contributed by atoms with Gasteiger partial charge in [0.15, 0.2) is 11.6 Å². The Morgan fingerprint density at radius 2 is 1.57 bits per heavy atom. The van der Waals surface area contributed by atoms with Crippen LogP contribution in [0.5, 0.6) is 11.5 Å². The average Bonchev–Trinajstić information content (AvgIpc) is 3.93. The Kier molecular flexibility index (Phi) is 12.1. The van der Waals surface area contributed by atoms with Crippen molar-refractivity contribution in [2.24, 2.45) is 5.92 Å². The lowest BCUT2D eigenvalue weighted by molar-refractivity contribution is -0.136. The summed E-state index contributed by atoms with van der Waals surface area (Å²) >= 11 is 0. The number of amides is 3. The molecule has 5 aliphatic rings. The molecule has 0 aliphatic carbocycles. The van der Waals surface area contributed by atoms with Gasteiger partial charge < -0.3 is 19.4 Å². The van der Waals surface area contributed by atoms with Crippen molar-refractivity contribution in [3.8, 4) is 23.3 Å². The molecule has 2 unspecified atom stereocenters. The molecule has 2 N–H and O–H groups in total. The number of alkyl halides is 1. The molecule has 3 amide bonds. The maximum absolute atomic E-state index is 15.2. The van der Waals surface area contributed by atoms with Gasteiger partial charge in [-0.05, 0) is 110 Å². The van der Waals surface area contributed by atoms with Gasteiger partial charge in [-0.3, -0.25) is 38.7 Å². The highest BCUT2D eigenvalue weighted by Crippen LogP contribution is 2.36. The van der Waals surface area contributed by atoms with Gasteiger partial charge in [-0.1, -0.05) is 0 Å². The van der Waals surface area contributed by atoms with E-state index in [2.05, 4.69) is 35.8 Å². The summed E-state index contributed by atoms with van der Waals surface area (Å²) in [5.41, 5.74) is 3.51. The Morgan fingerprint density at radius 1 is 0.838 bits per heavy atom. The van der Waals surface area contributed by atoms with E-state index in [1.165, 1.54) is 29.1 Å². The number of hydrogen-bond acceptors (Lipinski definition) is 12. The number of halogens is 2. The minimum absolute atomic E-state index is 0.0155. The highest BCUT2D eigenvalue weighted by Gasteiger charge is 2.39. The molecule has 68 heavy (non-hydrogen) atoms. The van der Waals surface area contributed by atoms with E-state index in [9.17, 15) is 37.2 Å². The molecule has 2 atom stereocenters. The molecule has 6 heterocycles. The Hall–Kier alpha value is -6.95. The highest BCUT2D eigenvalue weighted by atomic mass is 32.2. The fourth-order valence-corrected chi connectivity index (χ4v) is 11.2. The van der Waals surface area contributed by atoms with Crippen LogP contribution in [-0.2, 0) is 26.3 Å². The molecule has 0 spiro atoms. The number of carbonyl (C=O) groups is 3. The quantitative estimate of drug-likeness (QED) is 0.174. The summed E-state index contributed by atoms with van der Waals surface area (Å²) in [6.45, 7) is 6.39. The summed E-state index contributed by atoms with van der Waals surface area (Å²) in [6, 6.07) is 21.2. The van der Waals surface area contributed by atoms with E-state index in [4.69, 9.17) is 4.74 Å². The number of fused-ring (bicyclic) bond motifs is 2. The second-order valence-electron chi connectivity index (χ2n) is 17.9. The molecular weight excluding hydrogens is 899 g/mol. The summed E-state index contributed by atoms with van der Waals surface area (Å²) < 4.78 is 65.2. The third-order valence-corrected chi connectivity index (χ3v) is 15.2. The highest BCUT2D eigenvalue weighted by molar-refractivity contribution is 7.90. The fraction of sp³-hybridized carbons (Fsp3) is 0.375. The fourth-order valence-electron chi connectivity index (χ4n) is 9.94. The zero-order valence-electron chi connectivity index (χ0n) is 36.9. The lowest BCUT2D eigenvalue weighted by Gasteiger charge is -2.40. The number of nitrogens with zero attached hydrogens (tertiary/aromatic N) is 8. The second kappa shape index (κ2) is 18.3. The van der Waals surface area contributed by atoms with Crippen molar-refractivity contribution in [2.45, 2.75) is 50.9 Å². The normalized spacial score (nSPS) is 20.7. The Bertz CT molecular complexity index is 3040. The number of aromatic nitrogens is 2. The number of carbonyl (C=O) groups excluding carboxylic acids is 3. The van der Waals surface area contributed by atoms with E-state index < -0.39 is 51.0 Å². The van der Waals surface area contributed by atoms with Gasteiger partial charge in [0.2, 0.25) is 11.8 Å². The lowest BCUT2D eigenvalue weighted by Crippen LogP contribution is -2.52. The van der Waals surface area contributed by atoms with E-state index in [1.54, 1.807) is 11.0 Å². The topological polar surface area (TPSA) is 194 Å². The number of piperazine rings is 1. The number of benzene rings is 4. The van der Waals surface area contributed by atoms with Gasteiger partial charge in [-0.25, -0.2) is 13.8 Å². The Labute approximate surface area is 390 Å². The van der Waals surface area contributed by atoms with Crippen molar-refractivity contribution >= 4 is 55.9 Å². The van der Waals surface area contributed by atoms with Crippen LogP contribution in [0.25, 0.3) is 16.6 Å². The van der Waals surface area contributed by atoms with Crippen LogP contribution in [0.15, 0.2) is 83.9 Å². The first-order valence-electron chi connectivity index (χ1n) is 22.8. The van der Waals surface area contributed by atoms with Gasteiger partial charge in [0.1, 0.15) is 35.9 Å². The molecule has 10 rings (SSSR count). The summed E-state index contributed by atoms with van der Waals surface area (Å²) in [4.78, 5) is 64.5. The predicted molar refractivity (Wildman–Crippen MR) is 248 cm³/mol. The van der Waals surface area contributed by atoms with Gasteiger partial charge >= 0.3 is 10.2 Å². The third-order valence-electron chi connectivity index (χ3n) is 13.7. The zero-order chi connectivity index (χ0) is 47.3. The second-order valence-corrected chi connectivity index (χ2v) is 19.6. The molecule has 20 heteroatoms. The van der Waals surface area contributed by atoms with Crippen LogP contribution in [0, 0.1) is 23.1 Å². The number of anilines is 3. The van der Waals surface area contributed by atoms with Gasteiger partial charge in [0, 0.05) is 88.8 Å². The number of imide groups is 1. The average molecular weight is 947 g/mol. The standard InChI is InChI=1S/C48H48F2N10O7S/c49-32-15-18-58(28-32)68(65,66)54-42-10-8-40(50)45(39(42)25-51)67-36-6-9-41-38(24-36)48(64)60(29-52-41)34-3-1-33(2-4-34)57-21-19-55(20-22-57)26-30-13-16-56(17-14-30)35-5-7-37-31(23-35)27-59(47(37)63)43-11-12-44(61)53-46(43)62/h1-10,23-24,29-30,32,43,54H,11-22,26-28H2,(H,53,61,62).